The molecule has 4 radical (unpaired) electrons. The molecule has 0 spiro atoms. The maximum atomic E-state index is 5.59. The second kappa shape index (κ2) is 11.3. The fraction of sp³-hybridized carbons (Fsp3) is 0.500. The molecule has 0 fully saturated rings. The zero-order chi connectivity index (χ0) is 24.7. The Labute approximate surface area is 197 Å². The predicted octanol–water partition coefficient (Wildman–Crippen LogP) is 4.80. The minimum absolute atomic E-state index is 0.500. The van der Waals surface area contributed by atoms with Crippen molar-refractivity contribution < 1.29 is 0 Å². The van der Waals surface area contributed by atoms with E-state index in [1.54, 1.807) is 22.0 Å². The van der Waals surface area contributed by atoms with Gasteiger partial charge in [-0.1, -0.05) is 68.5 Å². The predicted molar refractivity (Wildman–Crippen MR) is 135 cm³/mol. The Morgan fingerprint density at radius 1 is 0.812 bits per heavy atom. The minimum atomic E-state index is 0.500. The quantitative estimate of drug-likeness (QED) is 0.560. The molecule has 6 nitrogen and oxygen atoms in total. The zero-order valence-electron chi connectivity index (χ0n) is 21.0. The summed E-state index contributed by atoms with van der Waals surface area (Å²) in [6, 6.07) is 1.90. The van der Waals surface area contributed by atoms with E-state index < -0.39 is 0 Å². The summed E-state index contributed by atoms with van der Waals surface area (Å²) >= 11 is 0. The van der Waals surface area contributed by atoms with Crippen molar-refractivity contribution in [2.75, 3.05) is 0 Å². The van der Waals surface area contributed by atoms with E-state index in [-0.39, 0.29) is 0 Å². The first-order valence-corrected chi connectivity index (χ1v) is 10.6. The van der Waals surface area contributed by atoms with Crippen LogP contribution in [0.4, 0.5) is 0 Å². The van der Waals surface area contributed by atoms with Crippen LogP contribution in [0.2, 0.25) is 0 Å². The molecule has 0 amide bonds. The molecule has 32 heavy (non-hydrogen) atoms. The maximum absolute atomic E-state index is 5.59. The van der Waals surface area contributed by atoms with E-state index >= 15 is 0 Å². The van der Waals surface area contributed by atoms with Crippen LogP contribution in [0.5, 0.6) is 0 Å². The monoisotopic (exact) mass is 430 g/mol. The highest BCUT2D eigenvalue weighted by molar-refractivity contribution is 6.10. The van der Waals surface area contributed by atoms with Crippen LogP contribution in [0.1, 0.15) is 77.9 Å². The van der Waals surface area contributed by atoms with Crippen molar-refractivity contribution in [1.82, 2.24) is 29.8 Å². The average Bonchev–Trinajstić information content (AvgIpc) is 3.09. The molecule has 0 atom stereocenters. The van der Waals surface area contributed by atoms with Crippen molar-refractivity contribution in [1.29, 1.82) is 0 Å². The van der Waals surface area contributed by atoms with Crippen molar-refractivity contribution >= 4 is 27.4 Å². The third-order valence-electron chi connectivity index (χ3n) is 3.51. The SMILES string of the molecule is CC(C)(C)C.CC(C)(C)C.[B]N1Cc2ccnnc2C1=C.[B]N1Cc2cncnc2C1=C. The molecule has 0 aliphatic carbocycles. The first kappa shape index (κ1) is 27.4. The van der Waals surface area contributed by atoms with Crippen LogP contribution in [0, 0.1) is 10.8 Å². The van der Waals surface area contributed by atoms with Gasteiger partial charge in [0, 0.05) is 48.0 Å². The van der Waals surface area contributed by atoms with Gasteiger partial charge in [0.05, 0.1) is 5.69 Å². The van der Waals surface area contributed by atoms with Gasteiger partial charge in [0.25, 0.3) is 0 Å². The highest BCUT2D eigenvalue weighted by Gasteiger charge is 2.20. The molecule has 4 rings (SSSR count). The average molecular weight is 430 g/mol. The molecule has 0 N–H and O–H groups in total. The minimum Gasteiger partial charge on any atom is -0.420 e. The van der Waals surface area contributed by atoms with Crippen molar-refractivity contribution in [2.45, 2.75) is 68.5 Å². The van der Waals surface area contributed by atoms with Gasteiger partial charge in [0.1, 0.15) is 12.0 Å². The molecular weight excluding hydrogens is 394 g/mol. The van der Waals surface area contributed by atoms with Crippen LogP contribution < -0.4 is 0 Å². The van der Waals surface area contributed by atoms with E-state index in [1.165, 1.54) is 6.33 Å². The summed E-state index contributed by atoms with van der Waals surface area (Å²) in [5.74, 6) is 0. The van der Waals surface area contributed by atoms with Crippen LogP contribution >= 0.6 is 0 Å². The number of hydrogen-bond donors (Lipinski definition) is 0. The van der Waals surface area contributed by atoms with Crippen molar-refractivity contribution in [3.63, 3.8) is 0 Å². The van der Waals surface area contributed by atoms with Gasteiger partial charge in [-0.15, -0.1) is 5.10 Å². The summed E-state index contributed by atoms with van der Waals surface area (Å²) in [7, 11) is 11.2. The molecule has 0 bridgehead atoms. The van der Waals surface area contributed by atoms with Gasteiger partial charge in [-0.25, -0.2) is 9.97 Å². The highest BCUT2D eigenvalue weighted by atomic mass is 15.2. The van der Waals surface area contributed by atoms with Crippen LogP contribution in [-0.4, -0.2) is 45.7 Å². The summed E-state index contributed by atoms with van der Waals surface area (Å²) in [5.41, 5.74) is 6.32. The smallest absolute Gasteiger partial charge is 0.227 e. The summed E-state index contributed by atoms with van der Waals surface area (Å²) in [5, 5.41) is 7.67. The van der Waals surface area contributed by atoms with Gasteiger partial charge < -0.3 is 9.62 Å². The topological polar surface area (TPSA) is 58.0 Å². The molecular formula is C24H36B2N6. The van der Waals surface area contributed by atoms with E-state index in [9.17, 15) is 0 Å². The molecule has 0 aromatic carbocycles. The number of aromatic nitrogens is 4. The van der Waals surface area contributed by atoms with Gasteiger partial charge in [0.15, 0.2) is 0 Å². The van der Waals surface area contributed by atoms with Crippen LogP contribution in [-0.2, 0) is 13.1 Å². The molecule has 4 heterocycles. The molecule has 2 aromatic heterocycles. The third kappa shape index (κ3) is 10.1. The summed E-state index contributed by atoms with van der Waals surface area (Å²) in [6.07, 6.45) is 4.93. The molecule has 2 aliphatic heterocycles. The van der Waals surface area contributed by atoms with Crippen molar-refractivity contribution in [3.8, 4) is 0 Å². The van der Waals surface area contributed by atoms with Crippen molar-refractivity contribution in [3.05, 3.63) is 60.5 Å². The van der Waals surface area contributed by atoms with Crippen LogP contribution in [0.15, 0.2) is 37.9 Å². The largest absolute Gasteiger partial charge is 0.420 e. The normalized spacial score (nSPS) is 14.2. The fourth-order valence-electron chi connectivity index (χ4n) is 2.29. The maximum Gasteiger partial charge on any atom is 0.227 e. The number of fused-ring (bicyclic) bond motifs is 2. The fourth-order valence-corrected chi connectivity index (χ4v) is 2.29. The number of hydrogen-bond acceptors (Lipinski definition) is 6. The van der Waals surface area contributed by atoms with Crippen LogP contribution in [0.3, 0.4) is 0 Å². The van der Waals surface area contributed by atoms with Gasteiger partial charge in [-0.3, -0.25) is 0 Å². The molecule has 8 heteroatoms. The molecule has 0 saturated heterocycles. The lowest BCUT2D eigenvalue weighted by molar-refractivity contribution is 0.469. The van der Waals surface area contributed by atoms with Crippen LogP contribution in [0.25, 0.3) is 11.4 Å². The second-order valence-electron chi connectivity index (χ2n) is 11.0. The molecule has 0 unspecified atom stereocenters. The molecule has 0 saturated carbocycles. The van der Waals surface area contributed by atoms with Gasteiger partial charge in [0.2, 0.25) is 16.0 Å². The van der Waals surface area contributed by atoms with E-state index in [2.05, 4.69) is 88.7 Å². The lowest BCUT2D eigenvalue weighted by atomic mass is 10.0. The number of nitrogens with zero attached hydrogens (tertiary/aromatic N) is 6. The van der Waals surface area contributed by atoms with E-state index in [1.807, 2.05) is 6.07 Å². The first-order chi connectivity index (χ1) is 14.6. The zero-order valence-corrected chi connectivity index (χ0v) is 21.0. The van der Waals surface area contributed by atoms with E-state index in [0.717, 1.165) is 33.9 Å². The Balaban J connectivity index is 0.000000230. The molecule has 168 valence electrons. The Morgan fingerprint density at radius 3 is 1.75 bits per heavy atom. The lowest BCUT2D eigenvalue weighted by Crippen LogP contribution is -2.08. The standard InChI is InChI=1S/2C7H6BN3.2C5H12/c1-5-7-6(3-11(5)8)2-9-4-10-7;1-5-7-6(4-11(5)8)2-3-9-10-7;2*1-5(2,3)4/h2,4H,1,3H2;2-3H,1,4H2;2*1-4H3. The third-order valence-corrected chi connectivity index (χ3v) is 3.51. The van der Waals surface area contributed by atoms with E-state index in [4.69, 9.17) is 16.0 Å². The number of rotatable bonds is 0. The Hall–Kier alpha value is -2.63. The Morgan fingerprint density at radius 2 is 1.28 bits per heavy atom. The Kier molecular flexibility index (Phi) is 9.68. The van der Waals surface area contributed by atoms with Crippen molar-refractivity contribution in [2.24, 2.45) is 10.8 Å². The Bertz CT molecular complexity index is 828. The molecule has 2 aromatic rings. The second-order valence-corrected chi connectivity index (χ2v) is 11.0. The lowest BCUT2D eigenvalue weighted by Gasteiger charge is -2.09. The summed E-state index contributed by atoms with van der Waals surface area (Å²) in [6.45, 7) is 26.4. The van der Waals surface area contributed by atoms with E-state index in [0.29, 0.717) is 23.9 Å². The van der Waals surface area contributed by atoms with Gasteiger partial charge in [-0.05, 0) is 16.9 Å². The summed E-state index contributed by atoms with van der Waals surface area (Å²) < 4.78 is 0. The first-order valence-electron chi connectivity index (χ1n) is 10.6. The van der Waals surface area contributed by atoms with Gasteiger partial charge >= 0.3 is 0 Å². The summed E-state index contributed by atoms with van der Waals surface area (Å²) in [4.78, 5) is 11.1. The molecule has 2 aliphatic rings. The highest BCUT2D eigenvalue weighted by Crippen LogP contribution is 2.26. The van der Waals surface area contributed by atoms with Gasteiger partial charge in [-0.2, -0.15) is 5.10 Å².